The van der Waals surface area contributed by atoms with Gasteiger partial charge in [-0.05, 0) is 38.6 Å². The summed E-state index contributed by atoms with van der Waals surface area (Å²) >= 11 is 0. The summed E-state index contributed by atoms with van der Waals surface area (Å²) < 4.78 is 5.18. The molecule has 4 nitrogen and oxygen atoms in total. The summed E-state index contributed by atoms with van der Waals surface area (Å²) in [5.74, 6) is 0. The highest BCUT2D eigenvalue weighted by Gasteiger charge is 2.31. The largest absolute Gasteiger partial charge is 0.450 e. The first kappa shape index (κ1) is 13.9. The molecular formula is C15H22N2O2. The summed E-state index contributed by atoms with van der Waals surface area (Å²) in [4.78, 5) is 16.0. The highest BCUT2D eigenvalue weighted by molar-refractivity contribution is 5.69. The molecule has 1 aliphatic heterocycles. The number of benzene rings is 1. The SMILES string of the molecule is CCOC(=O)N1CCc2ccccc2C1CN(C)C. The van der Waals surface area contributed by atoms with E-state index < -0.39 is 0 Å². The van der Waals surface area contributed by atoms with Gasteiger partial charge in [0, 0.05) is 13.1 Å². The molecule has 0 fully saturated rings. The number of likely N-dealkylation sites (N-methyl/N-ethyl adjacent to an activating group) is 1. The second-order valence-corrected chi connectivity index (χ2v) is 5.12. The average Bonchev–Trinajstić information content (AvgIpc) is 2.38. The third kappa shape index (κ3) is 3.07. The van der Waals surface area contributed by atoms with Crippen molar-refractivity contribution in [3.63, 3.8) is 0 Å². The molecule has 0 saturated carbocycles. The topological polar surface area (TPSA) is 32.8 Å². The number of amides is 1. The molecule has 1 unspecified atom stereocenters. The van der Waals surface area contributed by atoms with Gasteiger partial charge in [-0.1, -0.05) is 24.3 Å². The lowest BCUT2D eigenvalue weighted by Crippen LogP contribution is -2.44. The van der Waals surface area contributed by atoms with E-state index in [4.69, 9.17) is 4.74 Å². The lowest BCUT2D eigenvalue weighted by molar-refractivity contribution is 0.0796. The van der Waals surface area contributed by atoms with Gasteiger partial charge in [-0.25, -0.2) is 4.79 Å². The molecule has 1 aromatic carbocycles. The lowest BCUT2D eigenvalue weighted by atomic mass is 9.92. The zero-order chi connectivity index (χ0) is 13.8. The summed E-state index contributed by atoms with van der Waals surface area (Å²) in [7, 11) is 4.06. The molecule has 1 heterocycles. The molecule has 0 radical (unpaired) electrons. The minimum atomic E-state index is -0.205. The van der Waals surface area contributed by atoms with E-state index in [9.17, 15) is 4.79 Å². The van der Waals surface area contributed by atoms with E-state index >= 15 is 0 Å². The minimum absolute atomic E-state index is 0.0824. The van der Waals surface area contributed by atoms with Gasteiger partial charge in [-0.3, -0.25) is 4.90 Å². The van der Waals surface area contributed by atoms with Gasteiger partial charge in [-0.15, -0.1) is 0 Å². The normalized spacial score (nSPS) is 18.3. The Morgan fingerprint density at radius 1 is 1.42 bits per heavy atom. The first-order valence-electron chi connectivity index (χ1n) is 6.79. The number of ether oxygens (including phenoxy) is 1. The smallest absolute Gasteiger partial charge is 0.410 e. The fraction of sp³-hybridized carbons (Fsp3) is 0.533. The number of carbonyl (C=O) groups is 1. The van der Waals surface area contributed by atoms with Crippen molar-refractivity contribution in [3.8, 4) is 0 Å². The molecule has 104 valence electrons. The molecule has 2 rings (SSSR count). The van der Waals surface area contributed by atoms with Crippen molar-refractivity contribution in [2.75, 3.05) is 33.8 Å². The van der Waals surface area contributed by atoms with Crippen LogP contribution in [0.4, 0.5) is 4.79 Å². The summed E-state index contributed by atoms with van der Waals surface area (Å²) in [6.45, 7) is 3.81. The Bertz CT molecular complexity index is 446. The number of rotatable bonds is 3. The standard InChI is InChI=1S/C15H22N2O2/c1-4-19-15(18)17-10-9-12-7-5-6-8-13(12)14(17)11-16(2)3/h5-8,14H,4,9-11H2,1-3H3. The van der Waals surface area contributed by atoms with Crippen LogP contribution in [0.5, 0.6) is 0 Å². The zero-order valence-corrected chi connectivity index (χ0v) is 11.9. The van der Waals surface area contributed by atoms with Gasteiger partial charge in [-0.2, -0.15) is 0 Å². The first-order chi connectivity index (χ1) is 9.13. The minimum Gasteiger partial charge on any atom is -0.450 e. The Hall–Kier alpha value is -1.55. The van der Waals surface area contributed by atoms with Crippen LogP contribution in [0.1, 0.15) is 24.1 Å². The maximum atomic E-state index is 12.1. The Morgan fingerprint density at radius 3 is 2.84 bits per heavy atom. The van der Waals surface area contributed by atoms with E-state index in [1.165, 1.54) is 11.1 Å². The fourth-order valence-electron chi connectivity index (χ4n) is 2.62. The highest BCUT2D eigenvalue weighted by Crippen LogP contribution is 2.30. The lowest BCUT2D eigenvalue weighted by Gasteiger charge is -2.37. The molecule has 0 N–H and O–H groups in total. The zero-order valence-electron chi connectivity index (χ0n) is 11.9. The van der Waals surface area contributed by atoms with Crippen LogP contribution in [-0.4, -0.2) is 49.7 Å². The van der Waals surface area contributed by atoms with Crippen LogP contribution in [0.2, 0.25) is 0 Å². The van der Waals surface area contributed by atoms with Crippen LogP contribution in [0, 0.1) is 0 Å². The van der Waals surface area contributed by atoms with Gasteiger partial charge in [0.15, 0.2) is 0 Å². The van der Waals surface area contributed by atoms with Crippen molar-refractivity contribution in [2.24, 2.45) is 0 Å². The van der Waals surface area contributed by atoms with Crippen molar-refractivity contribution >= 4 is 6.09 Å². The molecule has 1 aliphatic rings. The first-order valence-corrected chi connectivity index (χ1v) is 6.79. The third-order valence-corrected chi connectivity index (χ3v) is 3.45. The number of carbonyl (C=O) groups excluding carboxylic acids is 1. The summed E-state index contributed by atoms with van der Waals surface area (Å²) in [5.41, 5.74) is 2.59. The van der Waals surface area contributed by atoms with Crippen molar-refractivity contribution < 1.29 is 9.53 Å². The summed E-state index contributed by atoms with van der Waals surface area (Å²) in [6.07, 6.45) is 0.697. The van der Waals surface area contributed by atoms with Gasteiger partial charge in [0.2, 0.25) is 0 Å². The Balaban J connectivity index is 2.28. The van der Waals surface area contributed by atoms with Crippen molar-refractivity contribution in [2.45, 2.75) is 19.4 Å². The number of hydrogen-bond donors (Lipinski definition) is 0. The van der Waals surface area contributed by atoms with Crippen molar-refractivity contribution in [1.82, 2.24) is 9.80 Å². The van der Waals surface area contributed by atoms with Gasteiger partial charge >= 0.3 is 6.09 Å². The quantitative estimate of drug-likeness (QED) is 0.838. The highest BCUT2D eigenvalue weighted by atomic mass is 16.6. The van der Waals surface area contributed by atoms with Gasteiger partial charge in [0.1, 0.15) is 0 Å². The maximum Gasteiger partial charge on any atom is 0.410 e. The van der Waals surface area contributed by atoms with Gasteiger partial charge in [0.25, 0.3) is 0 Å². The Kier molecular flexibility index (Phi) is 4.43. The van der Waals surface area contributed by atoms with Gasteiger partial charge in [0.05, 0.1) is 12.6 Å². The number of nitrogens with zero attached hydrogens (tertiary/aromatic N) is 2. The molecule has 4 heteroatoms. The Labute approximate surface area is 115 Å². The predicted molar refractivity (Wildman–Crippen MR) is 75.2 cm³/mol. The molecule has 0 spiro atoms. The second kappa shape index (κ2) is 6.06. The van der Waals surface area contributed by atoms with Crippen LogP contribution in [-0.2, 0) is 11.2 Å². The Morgan fingerprint density at radius 2 is 2.16 bits per heavy atom. The third-order valence-electron chi connectivity index (χ3n) is 3.45. The molecule has 19 heavy (non-hydrogen) atoms. The summed E-state index contributed by atoms with van der Waals surface area (Å²) in [5, 5.41) is 0. The van der Waals surface area contributed by atoms with Crippen molar-refractivity contribution in [3.05, 3.63) is 35.4 Å². The molecule has 1 aromatic rings. The van der Waals surface area contributed by atoms with E-state index in [2.05, 4.69) is 23.1 Å². The number of fused-ring (bicyclic) bond motifs is 1. The molecule has 0 aliphatic carbocycles. The van der Waals surface area contributed by atoms with Crippen LogP contribution in [0.3, 0.4) is 0 Å². The van der Waals surface area contributed by atoms with Crippen LogP contribution < -0.4 is 0 Å². The summed E-state index contributed by atoms with van der Waals surface area (Å²) in [6, 6.07) is 8.45. The molecule has 0 bridgehead atoms. The average molecular weight is 262 g/mol. The van der Waals surface area contributed by atoms with E-state index in [1.807, 2.05) is 32.0 Å². The van der Waals surface area contributed by atoms with Crippen LogP contribution in [0.25, 0.3) is 0 Å². The van der Waals surface area contributed by atoms with Crippen LogP contribution >= 0.6 is 0 Å². The van der Waals surface area contributed by atoms with E-state index in [0.29, 0.717) is 6.61 Å². The monoisotopic (exact) mass is 262 g/mol. The number of hydrogen-bond acceptors (Lipinski definition) is 3. The second-order valence-electron chi connectivity index (χ2n) is 5.12. The van der Waals surface area contributed by atoms with Crippen LogP contribution in [0.15, 0.2) is 24.3 Å². The van der Waals surface area contributed by atoms with E-state index in [0.717, 1.165) is 19.5 Å². The molecule has 0 saturated heterocycles. The van der Waals surface area contributed by atoms with E-state index in [-0.39, 0.29) is 12.1 Å². The molecular weight excluding hydrogens is 240 g/mol. The maximum absolute atomic E-state index is 12.1. The molecule has 1 amide bonds. The van der Waals surface area contributed by atoms with Gasteiger partial charge < -0.3 is 9.64 Å². The van der Waals surface area contributed by atoms with Crippen molar-refractivity contribution in [1.29, 1.82) is 0 Å². The molecule has 1 atom stereocenters. The fourth-order valence-corrected chi connectivity index (χ4v) is 2.62. The predicted octanol–water partition coefficient (Wildman–Crippen LogP) is 2.30. The van der Waals surface area contributed by atoms with E-state index in [1.54, 1.807) is 0 Å². The molecule has 0 aromatic heterocycles.